The lowest BCUT2D eigenvalue weighted by molar-refractivity contribution is 0.0683. The first kappa shape index (κ1) is 11.6. The lowest BCUT2D eigenvalue weighted by atomic mass is 9.97. The summed E-state index contributed by atoms with van der Waals surface area (Å²) in [5.41, 5.74) is 0.455. The lowest BCUT2D eigenvalue weighted by Gasteiger charge is -2.19. The summed E-state index contributed by atoms with van der Waals surface area (Å²) < 4.78 is 2.76. The van der Waals surface area contributed by atoms with Crippen molar-refractivity contribution in [3.63, 3.8) is 0 Å². The quantitative estimate of drug-likeness (QED) is 0.854. The summed E-state index contributed by atoms with van der Waals surface area (Å²) in [5.74, 6) is -0.864. The van der Waals surface area contributed by atoms with Crippen LogP contribution in [-0.4, -0.2) is 15.6 Å². The molecule has 1 aromatic rings. The van der Waals surface area contributed by atoms with Gasteiger partial charge in [0.05, 0.1) is 0 Å². The van der Waals surface area contributed by atoms with Crippen molar-refractivity contribution in [2.24, 2.45) is 5.41 Å². The number of carboxylic acids is 1. The number of hydrogen-bond donors (Lipinski definition) is 1. The largest absolute Gasteiger partial charge is 0.477 e. The van der Waals surface area contributed by atoms with Gasteiger partial charge in [0, 0.05) is 16.3 Å². The topological polar surface area (TPSA) is 42.2 Å². The molecule has 4 heteroatoms. The minimum atomic E-state index is -0.864. The highest BCUT2D eigenvalue weighted by Crippen LogP contribution is 2.20. The molecule has 0 aromatic carbocycles. The Morgan fingerprint density at radius 1 is 1.57 bits per heavy atom. The molecule has 1 rings (SSSR count). The van der Waals surface area contributed by atoms with E-state index in [0.717, 1.165) is 10.1 Å². The highest BCUT2D eigenvalue weighted by Gasteiger charge is 2.17. The Morgan fingerprint density at radius 2 is 2.14 bits per heavy atom. The number of halogens is 1. The van der Waals surface area contributed by atoms with Crippen molar-refractivity contribution >= 4 is 28.6 Å². The molecule has 0 bridgehead atoms. The molecule has 78 valence electrons. The van der Waals surface area contributed by atoms with Crippen LogP contribution in [0.2, 0.25) is 0 Å². The number of nitrogens with zero attached hydrogens (tertiary/aromatic N) is 1. The molecule has 0 aliphatic heterocycles. The third-order valence-electron chi connectivity index (χ3n) is 1.73. The summed E-state index contributed by atoms with van der Waals surface area (Å²) >= 11 is 2.13. The number of hydrogen-bond acceptors (Lipinski definition) is 1. The van der Waals surface area contributed by atoms with Gasteiger partial charge in [-0.15, -0.1) is 0 Å². The van der Waals surface area contributed by atoms with Crippen molar-refractivity contribution in [2.75, 3.05) is 0 Å². The third kappa shape index (κ3) is 3.01. The predicted molar refractivity (Wildman–Crippen MR) is 63.6 cm³/mol. The van der Waals surface area contributed by atoms with Crippen LogP contribution in [-0.2, 0) is 6.54 Å². The Labute approximate surface area is 97.3 Å². The zero-order valence-electron chi connectivity index (χ0n) is 8.54. The zero-order chi connectivity index (χ0) is 10.9. The van der Waals surface area contributed by atoms with Gasteiger partial charge in [-0.3, -0.25) is 0 Å². The molecule has 0 spiro atoms. The Morgan fingerprint density at radius 3 is 2.57 bits per heavy atom. The van der Waals surface area contributed by atoms with Gasteiger partial charge in [-0.05, 0) is 34.1 Å². The van der Waals surface area contributed by atoms with Gasteiger partial charge >= 0.3 is 5.97 Å². The van der Waals surface area contributed by atoms with Crippen molar-refractivity contribution in [2.45, 2.75) is 27.3 Å². The van der Waals surface area contributed by atoms with Crippen LogP contribution in [0.15, 0.2) is 12.3 Å². The second kappa shape index (κ2) is 3.92. The molecule has 0 radical (unpaired) electrons. The molecule has 0 saturated heterocycles. The highest BCUT2D eigenvalue weighted by molar-refractivity contribution is 14.1. The number of aromatic nitrogens is 1. The smallest absolute Gasteiger partial charge is 0.352 e. The molecule has 1 aromatic heterocycles. The van der Waals surface area contributed by atoms with Gasteiger partial charge in [0.25, 0.3) is 0 Å². The van der Waals surface area contributed by atoms with Crippen molar-refractivity contribution < 1.29 is 9.90 Å². The van der Waals surface area contributed by atoms with Gasteiger partial charge in [0.2, 0.25) is 0 Å². The van der Waals surface area contributed by atoms with Crippen molar-refractivity contribution in [1.29, 1.82) is 0 Å². The molecule has 0 unspecified atom stereocenters. The van der Waals surface area contributed by atoms with E-state index in [2.05, 4.69) is 43.4 Å². The molecule has 1 heterocycles. The second-order valence-corrected chi connectivity index (χ2v) is 5.78. The fraction of sp³-hybridized carbons (Fsp3) is 0.500. The fourth-order valence-corrected chi connectivity index (χ4v) is 1.93. The lowest BCUT2D eigenvalue weighted by Crippen LogP contribution is -2.18. The second-order valence-electron chi connectivity index (χ2n) is 4.54. The average Bonchev–Trinajstić information content (AvgIpc) is 2.27. The molecule has 0 atom stereocenters. The molecule has 3 nitrogen and oxygen atoms in total. The number of aromatic carboxylic acids is 1. The fourth-order valence-electron chi connectivity index (χ4n) is 1.30. The van der Waals surface area contributed by atoms with Crippen LogP contribution in [0.3, 0.4) is 0 Å². The van der Waals surface area contributed by atoms with Crippen LogP contribution >= 0.6 is 22.6 Å². The summed E-state index contributed by atoms with van der Waals surface area (Å²) in [6.45, 7) is 6.99. The standard InChI is InChI=1S/C10H14INO2/c1-10(2,3)6-12-5-7(11)4-8(12)9(13)14/h4-5H,6H2,1-3H3,(H,13,14). The Balaban J connectivity index is 3.02. The molecule has 0 fully saturated rings. The normalized spacial score (nSPS) is 11.7. The Bertz CT molecular complexity index is 349. The van der Waals surface area contributed by atoms with Crippen LogP contribution in [0.1, 0.15) is 31.3 Å². The Hall–Kier alpha value is -0.520. The molecule has 0 aliphatic rings. The van der Waals surface area contributed by atoms with Crippen molar-refractivity contribution in [3.05, 3.63) is 21.5 Å². The van der Waals surface area contributed by atoms with Crippen LogP contribution < -0.4 is 0 Å². The van der Waals surface area contributed by atoms with E-state index < -0.39 is 5.97 Å². The average molecular weight is 307 g/mol. The predicted octanol–water partition coefficient (Wildman–Crippen LogP) is 2.84. The van der Waals surface area contributed by atoms with E-state index in [9.17, 15) is 4.79 Å². The molecule has 0 amide bonds. The molecular weight excluding hydrogens is 293 g/mol. The third-order valence-corrected chi connectivity index (χ3v) is 2.32. The van der Waals surface area contributed by atoms with E-state index in [1.165, 1.54) is 0 Å². The van der Waals surface area contributed by atoms with E-state index in [4.69, 9.17) is 5.11 Å². The summed E-state index contributed by atoms with van der Waals surface area (Å²) in [6.07, 6.45) is 1.87. The van der Waals surface area contributed by atoms with Gasteiger partial charge in [-0.1, -0.05) is 20.8 Å². The summed E-state index contributed by atoms with van der Waals surface area (Å²) in [5, 5.41) is 8.95. The van der Waals surface area contributed by atoms with Crippen molar-refractivity contribution in [1.82, 2.24) is 4.57 Å². The monoisotopic (exact) mass is 307 g/mol. The van der Waals surface area contributed by atoms with Gasteiger partial charge in [-0.25, -0.2) is 4.79 Å². The van der Waals surface area contributed by atoms with Gasteiger partial charge in [-0.2, -0.15) is 0 Å². The van der Waals surface area contributed by atoms with Crippen LogP contribution in [0, 0.1) is 8.99 Å². The number of rotatable bonds is 2. The van der Waals surface area contributed by atoms with Crippen LogP contribution in [0.25, 0.3) is 0 Å². The first-order valence-electron chi connectivity index (χ1n) is 4.38. The SMILES string of the molecule is CC(C)(C)Cn1cc(I)cc1C(=O)O. The van der Waals surface area contributed by atoms with E-state index >= 15 is 0 Å². The van der Waals surface area contributed by atoms with E-state index in [-0.39, 0.29) is 5.41 Å². The van der Waals surface area contributed by atoms with Gasteiger partial charge < -0.3 is 9.67 Å². The summed E-state index contributed by atoms with van der Waals surface area (Å²) in [6, 6.07) is 1.69. The molecular formula is C10H14INO2. The van der Waals surface area contributed by atoms with E-state index in [1.807, 2.05) is 6.20 Å². The first-order valence-corrected chi connectivity index (χ1v) is 5.46. The molecule has 1 N–H and O–H groups in total. The Kier molecular flexibility index (Phi) is 3.24. The summed E-state index contributed by atoms with van der Waals surface area (Å²) in [7, 11) is 0. The molecule has 14 heavy (non-hydrogen) atoms. The maximum absolute atomic E-state index is 10.9. The van der Waals surface area contributed by atoms with E-state index in [0.29, 0.717) is 5.69 Å². The molecule has 0 aliphatic carbocycles. The first-order chi connectivity index (χ1) is 6.29. The van der Waals surface area contributed by atoms with Gasteiger partial charge in [0.1, 0.15) is 5.69 Å². The summed E-state index contributed by atoms with van der Waals surface area (Å²) in [4.78, 5) is 10.9. The minimum absolute atomic E-state index is 0.0896. The number of carbonyl (C=O) groups is 1. The highest BCUT2D eigenvalue weighted by atomic mass is 127. The van der Waals surface area contributed by atoms with E-state index in [1.54, 1.807) is 10.6 Å². The maximum Gasteiger partial charge on any atom is 0.352 e. The van der Waals surface area contributed by atoms with Crippen LogP contribution in [0.5, 0.6) is 0 Å². The zero-order valence-corrected chi connectivity index (χ0v) is 10.7. The minimum Gasteiger partial charge on any atom is -0.477 e. The number of carboxylic acid groups (broad SMARTS) is 1. The maximum atomic E-state index is 10.9. The van der Waals surface area contributed by atoms with Crippen LogP contribution in [0.4, 0.5) is 0 Å². The molecule has 0 saturated carbocycles. The van der Waals surface area contributed by atoms with Gasteiger partial charge in [0.15, 0.2) is 0 Å². The van der Waals surface area contributed by atoms with Crippen molar-refractivity contribution in [3.8, 4) is 0 Å².